The maximum Gasteiger partial charge on any atom is 0.417 e. The lowest BCUT2D eigenvalue weighted by molar-refractivity contribution is -0.252. The summed E-state index contributed by atoms with van der Waals surface area (Å²) in [6.45, 7) is 0.517. The third kappa shape index (κ3) is 3.95. The van der Waals surface area contributed by atoms with Gasteiger partial charge >= 0.3 is 6.18 Å². The van der Waals surface area contributed by atoms with Gasteiger partial charge in [0.25, 0.3) is 0 Å². The van der Waals surface area contributed by atoms with Gasteiger partial charge in [-0.2, -0.15) is 13.2 Å². The highest BCUT2D eigenvalue weighted by Crippen LogP contribution is 2.32. The number of aliphatic hydroxyl groups is 1. The van der Waals surface area contributed by atoms with Gasteiger partial charge < -0.3 is 16.2 Å². The third-order valence-corrected chi connectivity index (χ3v) is 2.57. The molecule has 0 radical (unpaired) electrons. The number of nitrogens with two attached hydrogens (primary N) is 1. The minimum absolute atomic E-state index is 0.193. The van der Waals surface area contributed by atoms with Crippen LogP contribution in [0.1, 0.15) is 23.7 Å². The molecule has 5 nitrogen and oxygen atoms in total. The van der Waals surface area contributed by atoms with Crippen molar-refractivity contribution in [1.29, 1.82) is 0 Å². The minimum atomic E-state index is -4.90. The molecule has 2 amide bonds. The smallest absolute Gasteiger partial charge is 0.380 e. The fourth-order valence-electron chi connectivity index (χ4n) is 1.34. The molecule has 0 aliphatic heterocycles. The fourth-order valence-corrected chi connectivity index (χ4v) is 1.34. The number of nitrogens with one attached hydrogen (secondary N) is 1. The zero-order valence-electron chi connectivity index (χ0n) is 10.5. The van der Waals surface area contributed by atoms with Crippen molar-refractivity contribution in [2.75, 3.05) is 5.32 Å². The molecule has 0 bridgehead atoms. The number of carbonyl (C=O) groups is 2. The molecule has 1 aromatic carbocycles. The molecule has 20 heavy (non-hydrogen) atoms. The molecule has 4 N–H and O–H groups in total. The molecule has 110 valence electrons. The van der Waals surface area contributed by atoms with Gasteiger partial charge in [-0.15, -0.1) is 0 Å². The number of halogens is 3. The zero-order chi connectivity index (χ0) is 15.6. The van der Waals surface area contributed by atoms with E-state index in [0.717, 1.165) is 0 Å². The topological polar surface area (TPSA) is 92.4 Å². The maximum atomic E-state index is 12.4. The Kier molecular flexibility index (Phi) is 4.39. The van der Waals surface area contributed by atoms with E-state index in [2.05, 4.69) is 5.32 Å². The maximum absolute atomic E-state index is 12.4. The number of benzene rings is 1. The van der Waals surface area contributed by atoms with E-state index in [4.69, 9.17) is 10.8 Å². The van der Waals surface area contributed by atoms with Gasteiger partial charge in [0.15, 0.2) is 5.60 Å². The van der Waals surface area contributed by atoms with Gasteiger partial charge in [0.1, 0.15) is 0 Å². The van der Waals surface area contributed by atoms with Crippen LogP contribution in [0.25, 0.3) is 0 Å². The van der Waals surface area contributed by atoms with E-state index < -0.39 is 30.0 Å². The average Bonchev–Trinajstić information content (AvgIpc) is 2.27. The molecule has 0 saturated heterocycles. The molecule has 0 fully saturated rings. The largest absolute Gasteiger partial charge is 0.417 e. The lowest BCUT2D eigenvalue weighted by atomic mass is 10.0. The van der Waals surface area contributed by atoms with Crippen LogP contribution in [0.15, 0.2) is 24.3 Å². The van der Waals surface area contributed by atoms with Gasteiger partial charge in [0.05, 0.1) is 6.42 Å². The molecule has 0 aliphatic carbocycles. The van der Waals surface area contributed by atoms with Gasteiger partial charge in [0, 0.05) is 11.3 Å². The first-order valence-corrected chi connectivity index (χ1v) is 5.52. The highest BCUT2D eigenvalue weighted by molar-refractivity contribution is 5.95. The van der Waals surface area contributed by atoms with Crippen molar-refractivity contribution in [1.82, 2.24) is 0 Å². The number of hydrogen-bond acceptors (Lipinski definition) is 3. The van der Waals surface area contributed by atoms with E-state index in [1.54, 1.807) is 0 Å². The summed E-state index contributed by atoms with van der Waals surface area (Å²) in [6.07, 6.45) is -6.03. The molecule has 0 aromatic heterocycles. The predicted molar refractivity (Wildman–Crippen MR) is 64.9 cm³/mol. The molecule has 1 aromatic rings. The van der Waals surface area contributed by atoms with E-state index in [1.807, 2.05) is 0 Å². The number of hydrogen-bond donors (Lipinski definition) is 3. The molecular formula is C12H13F3N2O3. The first-order chi connectivity index (χ1) is 9.03. The van der Waals surface area contributed by atoms with Gasteiger partial charge in [-0.05, 0) is 31.2 Å². The SMILES string of the molecule is C[C@@](O)(CC(=O)Nc1ccc(C(N)=O)cc1)C(F)(F)F. The summed E-state index contributed by atoms with van der Waals surface area (Å²) in [6, 6.07) is 5.28. The van der Waals surface area contributed by atoms with Crippen molar-refractivity contribution in [2.45, 2.75) is 25.1 Å². The Morgan fingerprint density at radius 2 is 1.75 bits per heavy atom. The lowest BCUT2D eigenvalue weighted by Gasteiger charge is -2.25. The van der Waals surface area contributed by atoms with Crippen LogP contribution in [0.3, 0.4) is 0 Å². The Morgan fingerprint density at radius 3 is 2.15 bits per heavy atom. The van der Waals surface area contributed by atoms with Crippen molar-refractivity contribution in [3.63, 3.8) is 0 Å². The Hall–Kier alpha value is -2.09. The highest BCUT2D eigenvalue weighted by Gasteiger charge is 2.50. The van der Waals surface area contributed by atoms with E-state index >= 15 is 0 Å². The molecule has 0 aliphatic rings. The molecular weight excluding hydrogens is 277 g/mol. The van der Waals surface area contributed by atoms with E-state index in [1.165, 1.54) is 24.3 Å². The average molecular weight is 290 g/mol. The summed E-state index contributed by atoms with van der Waals surface area (Å²) in [4.78, 5) is 22.2. The molecule has 0 heterocycles. The van der Waals surface area contributed by atoms with Crippen LogP contribution in [0.2, 0.25) is 0 Å². The Bertz CT molecular complexity index is 510. The highest BCUT2D eigenvalue weighted by atomic mass is 19.4. The number of alkyl halides is 3. The quantitative estimate of drug-likeness (QED) is 0.783. The number of carbonyl (C=O) groups excluding carboxylic acids is 2. The summed E-state index contributed by atoms with van der Waals surface area (Å²) in [7, 11) is 0. The van der Waals surface area contributed by atoms with Crippen LogP contribution >= 0.6 is 0 Å². The normalized spacial score (nSPS) is 14.4. The minimum Gasteiger partial charge on any atom is -0.380 e. The fraction of sp³-hybridized carbons (Fsp3) is 0.333. The van der Waals surface area contributed by atoms with Crippen LogP contribution in [-0.2, 0) is 4.79 Å². The second kappa shape index (κ2) is 5.49. The zero-order valence-corrected chi connectivity index (χ0v) is 10.5. The number of anilines is 1. The summed E-state index contributed by atoms with van der Waals surface area (Å²) in [5.74, 6) is -1.66. The second-order valence-corrected chi connectivity index (χ2v) is 4.44. The van der Waals surface area contributed by atoms with Crippen molar-refractivity contribution in [2.24, 2.45) is 5.73 Å². The third-order valence-electron chi connectivity index (χ3n) is 2.57. The van der Waals surface area contributed by atoms with Crippen molar-refractivity contribution >= 4 is 17.5 Å². The van der Waals surface area contributed by atoms with Crippen LogP contribution < -0.4 is 11.1 Å². The molecule has 0 spiro atoms. The Balaban J connectivity index is 2.70. The first-order valence-electron chi connectivity index (χ1n) is 5.52. The van der Waals surface area contributed by atoms with Crippen LogP contribution in [0, 0.1) is 0 Å². The van der Waals surface area contributed by atoms with Crippen molar-refractivity contribution < 1.29 is 27.9 Å². The number of amides is 2. The van der Waals surface area contributed by atoms with E-state index in [-0.39, 0.29) is 11.3 Å². The van der Waals surface area contributed by atoms with E-state index in [9.17, 15) is 22.8 Å². The predicted octanol–water partition coefficient (Wildman–Crippen LogP) is 1.43. The summed E-state index contributed by atoms with van der Waals surface area (Å²) < 4.78 is 37.2. The van der Waals surface area contributed by atoms with Crippen molar-refractivity contribution in [3.8, 4) is 0 Å². The van der Waals surface area contributed by atoms with Gasteiger partial charge in [0.2, 0.25) is 11.8 Å². The lowest BCUT2D eigenvalue weighted by Crippen LogP contribution is -2.44. The monoisotopic (exact) mass is 290 g/mol. The summed E-state index contributed by atoms with van der Waals surface area (Å²) in [5, 5.41) is 11.4. The molecule has 0 saturated carbocycles. The Labute approximate surface area is 112 Å². The molecule has 0 unspecified atom stereocenters. The number of primary amides is 1. The van der Waals surface area contributed by atoms with Crippen LogP contribution in [0.5, 0.6) is 0 Å². The molecule has 1 atom stereocenters. The van der Waals surface area contributed by atoms with Crippen LogP contribution in [0.4, 0.5) is 18.9 Å². The van der Waals surface area contributed by atoms with E-state index in [0.29, 0.717) is 6.92 Å². The molecule has 1 rings (SSSR count). The van der Waals surface area contributed by atoms with Gasteiger partial charge in [-0.3, -0.25) is 9.59 Å². The Morgan fingerprint density at radius 1 is 1.25 bits per heavy atom. The summed E-state index contributed by atoms with van der Waals surface area (Å²) in [5.41, 5.74) is 2.30. The van der Waals surface area contributed by atoms with Gasteiger partial charge in [-0.1, -0.05) is 0 Å². The van der Waals surface area contributed by atoms with Crippen molar-refractivity contribution in [3.05, 3.63) is 29.8 Å². The molecule has 8 heteroatoms. The first kappa shape index (κ1) is 16.0. The van der Waals surface area contributed by atoms with Gasteiger partial charge in [-0.25, -0.2) is 0 Å². The second-order valence-electron chi connectivity index (χ2n) is 4.44. The summed E-state index contributed by atoms with van der Waals surface area (Å²) >= 11 is 0. The standard InChI is InChI=1S/C12H13F3N2O3/c1-11(20,12(13,14)15)6-9(18)17-8-4-2-7(3-5-8)10(16)19/h2-5,20H,6H2,1H3,(H2,16,19)(H,17,18)/t11-/m1/s1. The van der Waals surface area contributed by atoms with Crippen LogP contribution in [-0.4, -0.2) is 28.7 Å². The number of rotatable bonds is 4.